The summed E-state index contributed by atoms with van der Waals surface area (Å²) in [4.78, 5) is 23.1. The van der Waals surface area contributed by atoms with Gasteiger partial charge in [0.1, 0.15) is 0 Å². The maximum atomic E-state index is 11.9. The Morgan fingerprint density at radius 2 is 1.37 bits per heavy atom. The van der Waals surface area contributed by atoms with Gasteiger partial charge in [0.15, 0.2) is 11.6 Å². The second kappa shape index (κ2) is 8.43. The number of amides is 3. The molecule has 4 N–H and O–H groups in total. The highest BCUT2D eigenvalue weighted by atomic mass is 16.2. The third-order valence-corrected chi connectivity index (χ3v) is 3.39. The molecule has 136 valence electrons. The normalized spacial score (nSPS) is 9.96. The summed E-state index contributed by atoms with van der Waals surface area (Å²) in [6.07, 6.45) is 0. The Morgan fingerprint density at radius 1 is 0.704 bits per heavy atom. The van der Waals surface area contributed by atoms with E-state index in [9.17, 15) is 9.59 Å². The molecule has 3 rings (SSSR count). The summed E-state index contributed by atoms with van der Waals surface area (Å²) >= 11 is 0. The van der Waals surface area contributed by atoms with E-state index in [4.69, 9.17) is 0 Å². The number of hydrogen-bond donors (Lipinski definition) is 4. The van der Waals surface area contributed by atoms with Gasteiger partial charge in [-0.15, -0.1) is 10.2 Å². The lowest BCUT2D eigenvalue weighted by Crippen LogP contribution is -2.20. The van der Waals surface area contributed by atoms with Crippen LogP contribution in [0.4, 0.5) is 33.5 Å². The second-order valence-electron chi connectivity index (χ2n) is 5.64. The zero-order valence-corrected chi connectivity index (χ0v) is 14.6. The molecule has 0 aliphatic rings. The van der Waals surface area contributed by atoms with Crippen LogP contribution in [0.25, 0.3) is 0 Å². The molecule has 0 fully saturated rings. The van der Waals surface area contributed by atoms with Gasteiger partial charge in [-0.3, -0.25) is 10.1 Å². The minimum atomic E-state index is -0.404. The predicted octanol–water partition coefficient (Wildman–Crippen LogP) is 3.82. The fraction of sp³-hybridized carbons (Fsp3) is 0.0526. The van der Waals surface area contributed by atoms with Gasteiger partial charge in [-0.2, -0.15) is 0 Å². The summed E-state index contributed by atoms with van der Waals surface area (Å²) in [5.74, 6) is 0.682. The lowest BCUT2D eigenvalue weighted by molar-refractivity contribution is -0.114. The van der Waals surface area contributed by atoms with Crippen LogP contribution in [0.15, 0.2) is 66.7 Å². The van der Waals surface area contributed by atoms with E-state index in [1.165, 1.54) is 6.92 Å². The van der Waals surface area contributed by atoms with Crippen molar-refractivity contribution in [2.45, 2.75) is 6.92 Å². The zero-order chi connectivity index (χ0) is 19.1. The Bertz CT molecular complexity index is 928. The highest BCUT2D eigenvalue weighted by Crippen LogP contribution is 2.19. The smallest absolute Gasteiger partial charge is 0.324 e. The van der Waals surface area contributed by atoms with Gasteiger partial charge in [0, 0.05) is 24.0 Å². The maximum Gasteiger partial charge on any atom is 0.324 e. The van der Waals surface area contributed by atoms with Crippen molar-refractivity contribution in [2.75, 3.05) is 21.3 Å². The molecule has 1 aromatic heterocycles. The Labute approximate surface area is 156 Å². The quantitative estimate of drug-likeness (QED) is 0.552. The van der Waals surface area contributed by atoms with E-state index in [-0.39, 0.29) is 5.91 Å². The van der Waals surface area contributed by atoms with E-state index in [0.717, 1.165) is 5.69 Å². The van der Waals surface area contributed by atoms with Gasteiger partial charge in [0.25, 0.3) is 0 Å². The van der Waals surface area contributed by atoms with Crippen LogP contribution in [-0.4, -0.2) is 22.1 Å². The molecular formula is C19H18N6O2. The van der Waals surface area contributed by atoms with E-state index < -0.39 is 6.03 Å². The molecule has 0 atom stereocenters. The SMILES string of the molecule is CC(=O)Nc1cccc(Nc2ccc(NC(=O)Nc3ccccc3)nn2)c1. The van der Waals surface area contributed by atoms with Gasteiger partial charge in [-0.25, -0.2) is 4.79 Å². The summed E-state index contributed by atoms with van der Waals surface area (Å²) in [7, 11) is 0. The topological polar surface area (TPSA) is 108 Å². The van der Waals surface area contributed by atoms with Crippen LogP contribution in [0.3, 0.4) is 0 Å². The van der Waals surface area contributed by atoms with Gasteiger partial charge in [-0.1, -0.05) is 24.3 Å². The second-order valence-corrected chi connectivity index (χ2v) is 5.64. The van der Waals surface area contributed by atoms with Crippen molar-refractivity contribution < 1.29 is 9.59 Å². The Balaban J connectivity index is 1.58. The molecular weight excluding hydrogens is 344 g/mol. The van der Waals surface area contributed by atoms with E-state index in [2.05, 4.69) is 31.5 Å². The first kappa shape index (κ1) is 17.9. The van der Waals surface area contributed by atoms with Crippen LogP contribution in [0, 0.1) is 0 Å². The molecule has 0 aliphatic carbocycles. The number of hydrogen-bond acceptors (Lipinski definition) is 5. The lowest BCUT2D eigenvalue weighted by atomic mass is 10.2. The average Bonchev–Trinajstić information content (AvgIpc) is 2.64. The zero-order valence-electron chi connectivity index (χ0n) is 14.6. The number of carbonyl (C=O) groups excluding carboxylic acids is 2. The van der Waals surface area contributed by atoms with Crippen molar-refractivity contribution in [3.05, 3.63) is 66.7 Å². The monoisotopic (exact) mass is 362 g/mol. The minimum Gasteiger partial charge on any atom is -0.339 e. The van der Waals surface area contributed by atoms with Crippen molar-refractivity contribution in [3.63, 3.8) is 0 Å². The molecule has 0 aliphatic heterocycles. The van der Waals surface area contributed by atoms with Crippen molar-refractivity contribution >= 4 is 40.6 Å². The summed E-state index contributed by atoms with van der Waals surface area (Å²) in [6.45, 7) is 1.45. The molecule has 8 heteroatoms. The highest BCUT2D eigenvalue weighted by molar-refractivity contribution is 5.99. The fourth-order valence-electron chi connectivity index (χ4n) is 2.29. The molecule has 0 saturated carbocycles. The van der Waals surface area contributed by atoms with Crippen molar-refractivity contribution in [3.8, 4) is 0 Å². The molecule has 0 spiro atoms. The Morgan fingerprint density at radius 3 is 2.07 bits per heavy atom. The van der Waals surface area contributed by atoms with Crippen LogP contribution in [0.1, 0.15) is 6.92 Å². The average molecular weight is 362 g/mol. The van der Waals surface area contributed by atoms with E-state index in [0.29, 0.717) is 23.0 Å². The molecule has 0 bridgehead atoms. The van der Waals surface area contributed by atoms with Crippen LogP contribution in [0.5, 0.6) is 0 Å². The van der Waals surface area contributed by atoms with Crippen LogP contribution < -0.4 is 21.3 Å². The molecule has 8 nitrogen and oxygen atoms in total. The third-order valence-electron chi connectivity index (χ3n) is 3.39. The summed E-state index contributed by atoms with van der Waals surface area (Å²) < 4.78 is 0. The molecule has 3 aromatic rings. The van der Waals surface area contributed by atoms with Crippen LogP contribution in [-0.2, 0) is 4.79 Å². The fourth-order valence-corrected chi connectivity index (χ4v) is 2.29. The van der Waals surface area contributed by atoms with Gasteiger partial charge >= 0.3 is 6.03 Å². The molecule has 3 amide bonds. The molecule has 0 radical (unpaired) electrons. The maximum absolute atomic E-state index is 11.9. The van der Waals surface area contributed by atoms with Gasteiger partial charge < -0.3 is 16.0 Å². The van der Waals surface area contributed by atoms with Crippen LogP contribution >= 0.6 is 0 Å². The van der Waals surface area contributed by atoms with E-state index in [1.807, 2.05) is 30.3 Å². The summed E-state index contributed by atoms with van der Waals surface area (Å²) in [5.41, 5.74) is 2.11. The first-order chi connectivity index (χ1) is 13.1. The Kier molecular flexibility index (Phi) is 5.58. The number of anilines is 5. The number of para-hydroxylation sites is 1. The first-order valence-electron chi connectivity index (χ1n) is 8.20. The largest absolute Gasteiger partial charge is 0.339 e. The summed E-state index contributed by atoms with van der Waals surface area (Å²) in [5, 5.41) is 19.1. The number of rotatable bonds is 5. The third kappa shape index (κ3) is 5.53. The summed E-state index contributed by atoms with van der Waals surface area (Å²) in [6, 6.07) is 19.2. The van der Waals surface area contributed by atoms with E-state index in [1.54, 1.807) is 36.4 Å². The number of carbonyl (C=O) groups is 2. The van der Waals surface area contributed by atoms with E-state index >= 15 is 0 Å². The minimum absolute atomic E-state index is 0.142. The Hall–Kier alpha value is -3.94. The van der Waals surface area contributed by atoms with Gasteiger partial charge in [0.2, 0.25) is 5.91 Å². The molecule has 1 heterocycles. The number of benzene rings is 2. The van der Waals surface area contributed by atoms with Crippen molar-refractivity contribution in [1.82, 2.24) is 10.2 Å². The van der Waals surface area contributed by atoms with Crippen LogP contribution in [0.2, 0.25) is 0 Å². The highest BCUT2D eigenvalue weighted by Gasteiger charge is 2.05. The number of aromatic nitrogens is 2. The number of urea groups is 1. The number of nitrogens with one attached hydrogen (secondary N) is 4. The van der Waals surface area contributed by atoms with Crippen molar-refractivity contribution in [2.24, 2.45) is 0 Å². The molecule has 27 heavy (non-hydrogen) atoms. The number of nitrogens with zero attached hydrogens (tertiary/aromatic N) is 2. The molecule has 0 saturated heterocycles. The molecule has 2 aromatic carbocycles. The first-order valence-corrected chi connectivity index (χ1v) is 8.20. The van der Waals surface area contributed by atoms with Gasteiger partial charge in [-0.05, 0) is 42.5 Å². The van der Waals surface area contributed by atoms with Crippen molar-refractivity contribution in [1.29, 1.82) is 0 Å². The van der Waals surface area contributed by atoms with Gasteiger partial charge in [0.05, 0.1) is 0 Å². The predicted molar refractivity (Wildman–Crippen MR) is 105 cm³/mol. The lowest BCUT2D eigenvalue weighted by Gasteiger charge is -2.09. The standard InChI is InChI=1S/C19H18N6O2/c1-13(26)20-15-8-5-9-16(12-15)21-17-10-11-18(25-24-17)23-19(27)22-14-6-3-2-4-7-14/h2-12H,1H3,(H,20,26)(H,21,24)(H2,22,23,25,27). The molecule has 0 unspecified atom stereocenters.